The molecular weight excluding hydrogens is 236 g/mol. The summed E-state index contributed by atoms with van der Waals surface area (Å²) >= 11 is 1.57. The highest BCUT2D eigenvalue weighted by atomic mass is 32.1. The van der Waals surface area contributed by atoms with Crippen LogP contribution in [-0.4, -0.2) is 22.1 Å². The van der Waals surface area contributed by atoms with Gasteiger partial charge in [0.2, 0.25) is 0 Å². The number of rotatable bonds is 4. The summed E-state index contributed by atoms with van der Waals surface area (Å²) in [6.45, 7) is 10.1. The van der Waals surface area contributed by atoms with Gasteiger partial charge in [0, 0.05) is 10.9 Å². The van der Waals surface area contributed by atoms with Gasteiger partial charge in [0.05, 0.1) is 12.1 Å². The van der Waals surface area contributed by atoms with Gasteiger partial charge in [-0.2, -0.15) is 0 Å². The second kappa shape index (κ2) is 5.04. The summed E-state index contributed by atoms with van der Waals surface area (Å²) in [4.78, 5) is 16.4. The molecule has 0 radical (unpaired) electrons. The highest BCUT2D eigenvalue weighted by Crippen LogP contribution is 2.28. The van der Waals surface area contributed by atoms with E-state index < -0.39 is 5.97 Å². The lowest BCUT2D eigenvalue weighted by atomic mass is 9.85. The van der Waals surface area contributed by atoms with E-state index in [4.69, 9.17) is 5.11 Å². The third-order valence-corrected chi connectivity index (χ3v) is 3.75. The molecule has 0 amide bonds. The van der Waals surface area contributed by atoms with Crippen molar-refractivity contribution in [2.24, 2.45) is 5.41 Å². The molecular formula is C12H20N2O2S. The third kappa shape index (κ3) is 4.00. The Labute approximate surface area is 106 Å². The van der Waals surface area contributed by atoms with E-state index in [0.717, 1.165) is 15.7 Å². The molecule has 17 heavy (non-hydrogen) atoms. The Balaban J connectivity index is 2.82. The number of aromatic nitrogens is 1. The summed E-state index contributed by atoms with van der Waals surface area (Å²) in [5.74, 6) is -0.789. The van der Waals surface area contributed by atoms with E-state index in [1.54, 1.807) is 11.3 Å². The number of aliphatic carboxylic acids is 1. The van der Waals surface area contributed by atoms with E-state index in [2.05, 4.69) is 10.3 Å². The quantitative estimate of drug-likeness (QED) is 0.869. The van der Waals surface area contributed by atoms with Crippen LogP contribution in [0.25, 0.3) is 0 Å². The molecule has 0 aromatic carbocycles. The number of anilines is 1. The lowest BCUT2D eigenvalue weighted by molar-refractivity contribution is -0.137. The standard InChI is InChI=1S/C12H20N2O2S/c1-7-8(2)17-11(13-7)14-9(6-10(15)16)12(3,4)5/h9H,6H2,1-5H3,(H,13,14)(H,15,16). The summed E-state index contributed by atoms with van der Waals surface area (Å²) in [5, 5.41) is 13.0. The van der Waals surface area contributed by atoms with Gasteiger partial charge in [0.1, 0.15) is 0 Å². The van der Waals surface area contributed by atoms with Crippen LogP contribution in [0.15, 0.2) is 0 Å². The summed E-state index contributed by atoms with van der Waals surface area (Å²) in [5.41, 5.74) is 0.881. The highest BCUT2D eigenvalue weighted by Gasteiger charge is 2.27. The predicted molar refractivity (Wildman–Crippen MR) is 70.7 cm³/mol. The Morgan fingerprint density at radius 1 is 1.47 bits per heavy atom. The van der Waals surface area contributed by atoms with Crippen molar-refractivity contribution in [1.82, 2.24) is 4.98 Å². The molecule has 96 valence electrons. The summed E-state index contributed by atoms with van der Waals surface area (Å²) < 4.78 is 0. The van der Waals surface area contributed by atoms with Gasteiger partial charge in [-0.05, 0) is 19.3 Å². The molecule has 0 bridgehead atoms. The van der Waals surface area contributed by atoms with Gasteiger partial charge in [0.25, 0.3) is 0 Å². The lowest BCUT2D eigenvalue weighted by Gasteiger charge is -2.30. The molecule has 0 saturated carbocycles. The first-order valence-electron chi connectivity index (χ1n) is 5.62. The average Bonchev–Trinajstić information content (AvgIpc) is 2.42. The zero-order valence-corrected chi connectivity index (χ0v) is 11.8. The van der Waals surface area contributed by atoms with E-state index in [1.807, 2.05) is 34.6 Å². The first-order valence-corrected chi connectivity index (χ1v) is 6.44. The van der Waals surface area contributed by atoms with Gasteiger partial charge < -0.3 is 10.4 Å². The molecule has 4 nitrogen and oxygen atoms in total. The first kappa shape index (κ1) is 14.0. The van der Waals surface area contributed by atoms with Crippen LogP contribution < -0.4 is 5.32 Å². The molecule has 1 rings (SSSR count). The molecule has 0 aliphatic carbocycles. The van der Waals surface area contributed by atoms with Crippen molar-refractivity contribution in [3.05, 3.63) is 10.6 Å². The number of nitrogens with zero attached hydrogens (tertiary/aromatic N) is 1. The Morgan fingerprint density at radius 2 is 2.06 bits per heavy atom. The molecule has 1 atom stereocenters. The average molecular weight is 256 g/mol. The number of hydrogen-bond donors (Lipinski definition) is 2. The first-order chi connectivity index (χ1) is 7.70. The fourth-order valence-corrected chi connectivity index (χ4v) is 2.30. The molecule has 1 heterocycles. The van der Waals surface area contributed by atoms with Gasteiger partial charge in [-0.25, -0.2) is 4.98 Å². The maximum absolute atomic E-state index is 10.9. The summed E-state index contributed by atoms with van der Waals surface area (Å²) in [6.07, 6.45) is 0.0984. The van der Waals surface area contributed by atoms with E-state index in [9.17, 15) is 4.79 Å². The van der Waals surface area contributed by atoms with Crippen LogP contribution in [0.4, 0.5) is 5.13 Å². The number of hydrogen-bond acceptors (Lipinski definition) is 4. The number of aryl methyl sites for hydroxylation is 2. The molecule has 1 unspecified atom stereocenters. The minimum absolute atomic E-state index is 0.0984. The van der Waals surface area contributed by atoms with Crippen LogP contribution in [-0.2, 0) is 4.79 Å². The molecule has 0 fully saturated rings. The molecule has 5 heteroatoms. The van der Waals surface area contributed by atoms with Gasteiger partial charge in [-0.3, -0.25) is 4.79 Å². The van der Waals surface area contributed by atoms with Crippen LogP contribution >= 0.6 is 11.3 Å². The normalized spacial score (nSPS) is 13.5. The molecule has 0 spiro atoms. The molecule has 0 saturated heterocycles. The Kier molecular flexibility index (Phi) is 4.14. The van der Waals surface area contributed by atoms with E-state index in [0.29, 0.717) is 0 Å². The Bertz CT molecular complexity index is 388. The van der Waals surface area contributed by atoms with E-state index in [1.165, 1.54) is 0 Å². The van der Waals surface area contributed by atoms with Crippen LogP contribution in [0.2, 0.25) is 0 Å². The predicted octanol–water partition coefficient (Wildman–Crippen LogP) is 3.06. The monoisotopic (exact) mass is 256 g/mol. The van der Waals surface area contributed by atoms with E-state index >= 15 is 0 Å². The summed E-state index contributed by atoms with van der Waals surface area (Å²) in [7, 11) is 0. The van der Waals surface area contributed by atoms with Gasteiger partial charge >= 0.3 is 5.97 Å². The largest absolute Gasteiger partial charge is 0.481 e. The maximum atomic E-state index is 10.9. The fraction of sp³-hybridized carbons (Fsp3) is 0.667. The SMILES string of the molecule is Cc1nc(NC(CC(=O)O)C(C)(C)C)sc1C. The third-order valence-electron chi connectivity index (χ3n) is 2.75. The second-order valence-electron chi connectivity index (χ2n) is 5.32. The fourth-order valence-electron chi connectivity index (χ4n) is 1.43. The molecule has 1 aromatic rings. The number of carboxylic acids is 1. The number of carbonyl (C=O) groups is 1. The van der Waals surface area contributed by atoms with Crippen molar-refractivity contribution in [1.29, 1.82) is 0 Å². The van der Waals surface area contributed by atoms with Crippen molar-refractivity contribution in [2.75, 3.05) is 5.32 Å². The number of thiazole rings is 1. The smallest absolute Gasteiger partial charge is 0.305 e. The van der Waals surface area contributed by atoms with Crippen molar-refractivity contribution in [2.45, 2.75) is 47.1 Å². The Morgan fingerprint density at radius 3 is 2.41 bits per heavy atom. The molecule has 1 aromatic heterocycles. The second-order valence-corrected chi connectivity index (χ2v) is 6.52. The van der Waals surface area contributed by atoms with Gasteiger partial charge in [-0.15, -0.1) is 11.3 Å². The van der Waals surface area contributed by atoms with Crippen molar-refractivity contribution in [3.63, 3.8) is 0 Å². The van der Waals surface area contributed by atoms with Crippen LogP contribution in [0, 0.1) is 19.3 Å². The number of carboxylic acid groups (broad SMARTS) is 1. The zero-order chi connectivity index (χ0) is 13.2. The van der Waals surface area contributed by atoms with Gasteiger partial charge in [0.15, 0.2) is 5.13 Å². The van der Waals surface area contributed by atoms with Crippen molar-refractivity contribution in [3.8, 4) is 0 Å². The number of nitrogens with one attached hydrogen (secondary N) is 1. The minimum atomic E-state index is -0.789. The summed E-state index contributed by atoms with van der Waals surface area (Å²) in [6, 6.07) is -0.120. The lowest BCUT2D eigenvalue weighted by Crippen LogP contribution is -2.36. The minimum Gasteiger partial charge on any atom is -0.481 e. The van der Waals surface area contributed by atoms with Crippen molar-refractivity contribution >= 4 is 22.4 Å². The molecule has 0 aliphatic rings. The van der Waals surface area contributed by atoms with Gasteiger partial charge in [-0.1, -0.05) is 20.8 Å². The Hall–Kier alpha value is -1.10. The van der Waals surface area contributed by atoms with Crippen LogP contribution in [0.3, 0.4) is 0 Å². The molecule has 2 N–H and O–H groups in total. The highest BCUT2D eigenvalue weighted by molar-refractivity contribution is 7.15. The van der Waals surface area contributed by atoms with Crippen LogP contribution in [0.5, 0.6) is 0 Å². The van der Waals surface area contributed by atoms with Crippen LogP contribution in [0.1, 0.15) is 37.8 Å². The van der Waals surface area contributed by atoms with Crippen molar-refractivity contribution < 1.29 is 9.90 Å². The molecule has 0 aliphatic heterocycles. The topological polar surface area (TPSA) is 62.2 Å². The maximum Gasteiger partial charge on any atom is 0.305 e. The zero-order valence-electron chi connectivity index (χ0n) is 11.0. The van der Waals surface area contributed by atoms with E-state index in [-0.39, 0.29) is 17.9 Å².